The van der Waals surface area contributed by atoms with E-state index in [9.17, 15) is 0 Å². The van der Waals surface area contributed by atoms with E-state index in [-0.39, 0.29) is 6.10 Å². The molecule has 6 nitrogen and oxygen atoms in total. The lowest BCUT2D eigenvalue weighted by Crippen LogP contribution is -2.25. The molecule has 1 saturated heterocycles. The highest BCUT2D eigenvalue weighted by atomic mass is 32.2. The van der Waals surface area contributed by atoms with Gasteiger partial charge in [0.1, 0.15) is 12.3 Å². The summed E-state index contributed by atoms with van der Waals surface area (Å²) in [5.41, 5.74) is 2.73. The number of aromatic nitrogens is 3. The molecule has 0 spiro atoms. The zero-order valence-corrected chi connectivity index (χ0v) is 17.1. The van der Waals surface area contributed by atoms with Crippen LogP contribution in [0.2, 0.25) is 0 Å². The Morgan fingerprint density at radius 1 is 1.25 bits per heavy atom. The minimum atomic E-state index is 0.163. The van der Waals surface area contributed by atoms with Gasteiger partial charge in [-0.3, -0.25) is 4.40 Å². The molecule has 1 aromatic carbocycles. The number of thioether (sulfide) groups is 1. The van der Waals surface area contributed by atoms with Crippen LogP contribution >= 0.6 is 11.8 Å². The summed E-state index contributed by atoms with van der Waals surface area (Å²) in [6, 6.07) is 7.92. The number of benzene rings is 1. The molecular formula is C21H25N3O3S. The number of hydrogen-bond donors (Lipinski definition) is 0. The van der Waals surface area contributed by atoms with Crippen LogP contribution in [-0.2, 0) is 4.74 Å². The fourth-order valence-electron chi connectivity index (χ4n) is 3.34. The van der Waals surface area contributed by atoms with E-state index in [2.05, 4.69) is 11.9 Å². The predicted octanol–water partition coefficient (Wildman–Crippen LogP) is 4.46. The zero-order chi connectivity index (χ0) is 19.3. The largest absolute Gasteiger partial charge is 0.493 e. The van der Waals surface area contributed by atoms with Gasteiger partial charge in [0.2, 0.25) is 0 Å². The van der Waals surface area contributed by atoms with Crippen LogP contribution in [0.25, 0.3) is 16.9 Å². The third-order valence-corrected chi connectivity index (χ3v) is 5.62. The first kappa shape index (κ1) is 19.1. The van der Waals surface area contributed by atoms with Crippen molar-refractivity contribution < 1.29 is 14.2 Å². The van der Waals surface area contributed by atoms with Gasteiger partial charge in [-0.2, -0.15) is 0 Å². The molecule has 0 N–H and O–H groups in total. The Morgan fingerprint density at radius 3 is 2.96 bits per heavy atom. The molecule has 1 aliphatic rings. The Bertz CT molecular complexity index is 938. The summed E-state index contributed by atoms with van der Waals surface area (Å²) in [6.45, 7) is 3.49. The highest BCUT2D eigenvalue weighted by molar-refractivity contribution is 7.99. The van der Waals surface area contributed by atoms with Gasteiger partial charge in [0.05, 0.1) is 18.9 Å². The lowest BCUT2D eigenvalue weighted by molar-refractivity contribution is -0.0114. The average Bonchev–Trinajstić information content (AvgIpc) is 3.22. The van der Waals surface area contributed by atoms with Gasteiger partial charge in [0, 0.05) is 30.6 Å². The molecule has 3 aromatic rings. The van der Waals surface area contributed by atoms with Gasteiger partial charge in [0.25, 0.3) is 0 Å². The molecular weight excluding hydrogens is 374 g/mol. The Morgan fingerprint density at radius 2 is 2.18 bits per heavy atom. The van der Waals surface area contributed by atoms with Crippen LogP contribution in [0.1, 0.15) is 26.2 Å². The fourth-order valence-corrected chi connectivity index (χ4v) is 4.06. The van der Waals surface area contributed by atoms with Crippen LogP contribution in [0.15, 0.2) is 41.8 Å². The minimum Gasteiger partial charge on any atom is -0.493 e. The molecule has 3 heterocycles. The molecule has 2 aromatic heterocycles. The summed E-state index contributed by atoms with van der Waals surface area (Å²) in [6.07, 6.45) is 7.29. The first-order chi connectivity index (χ1) is 13.8. The SMILES string of the molecule is CCSc1nc(-c2ccc(OCC3CCCCO3)c(OC)c2)cc2nccn12. The Balaban J connectivity index is 1.59. The average molecular weight is 400 g/mol. The number of imidazole rings is 1. The Labute approximate surface area is 169 Å². The number of rotatable bonds is 7. The van der Waals surface area contributed by atoms with Crippen molar-refractivity contribution >= 4 is 17.4 Å². The predicted molar refractivity (Wildman–Crippen MR) is 110 cm³/mol. The van der Waals surface area contributed by atoms with Crippen molar-refractivity contribution in [3.05, 3.63) is 36.7 Å². The van der Waals surface area contributed by atoms with E-state index in [1.54, 1.807) is 25.1 Å². The summed E-state index contributed by atoms with van der Waals surface area (Å²) in [7, 11) is 1.66. The number of nitrogens with zero attached hydrogens (tertiary/aromatic N) is 3. The van der Waals surface area contributed by atoms with Gasteiger partial charge < -0.3 is 14.2 Å². The maximum absolute atomic E-state index is 5.99. The standard InChI is InChI=1S/C21H25N3O3S/c1-3-28-21-23-17(13-20-22-9-10-24(20)21)15-7-8-18(19(12-15)25-2)27-14-16-6-4-5-11-26-16/h7-10,12-13,16H,3-6,11,14H2,1-2H3. The first-order valence-corrected chi connectivity index (χ1v) is 10.7. The molecule has 0 bridgehead atoms. The van der Waals surface area contributed by atoms with Crippen molar-refractivity contribution in [2.45, 2.75) is 37.4 Å². The number of fused-ring (bicyclic) bond motifs is 1. The van der Waals surface area contributed by atoms with Gasteiger partial charge in [-0.05, 0) is 43.2 Å². The van der Waals surface area contributed by atoms with E-state index in [1.807, 2.05) is 34.9 Å². The van der Waals surface area contributed by atoms with Crippen LogP contribution in [-0.4, -0.2) is 46.5 Å². The molecule has 1 aliphatic heterocycles. The van der Waals surface area contributed by atoms with Crippen LogP contribution in [0, 0.1) is 0 Å². The molecule has 0 aliphatic carbocycles. The van der Waals surface area contributed by atoms with Crippen molar-refractivity contribution in [1.29, 1.82) is 0 Å². The van der Waals surface area contributed by atoms with Crippen molar-refractivity contribution in [2.24, 2.45) is 0 Å². The first-order valence-electron chi connectivity index (χ1n) is 9.68. The van der Waals surface area contributed by atoms with E-state index in [4.69, 9.17) is 19.2 Å². The summed E-state index contributed by atoms with van der Waals surface area (Å²) in [5.74, 6) is 2.37. The molecule has 148 valence electrons. The topological polar surface area (TPSA) is 57.9 Å². The summed E-state index contributed by atoms with van der Waals surface area (Å²) in [5, 5.41) is 0.932. The van der Waals surface area contributed by atoms with Gasteiger partial charge in [-0.1, -0.05) is 18.7 Å². The molecule has 7 heteroatoms. The van der Waals surface area contributed by atoms with Gasteiger partial charge in [-0.15, -0.1) is 0 Å². The summed E-state index contributed by atoms with van der Waals surface area (Å²) in [4.78, 5) is 9.26. The number of ether oxygens (including phenoxy) is 3. The molecule has 0 saturated carbocycles. The maximum Gasteiger partial charge on any atom is 0.174 e. The normalized spacial score (nSPS) is 17.0. The maximum atomic E-state index is 5.99. The second-order valence-corrected chi connectivity index (χ2v) is 7.91. The molecule has 1 unspecified atom stereocenters. The lowest BCUT2D eigenvalue weighted by atomic mass is 10.1. The van der Waals surface area contributed by atoms with E-state index in [0.29, 0.717) is 12.4 Å². The van der Waals surface area contributed by atoms with Crippen molar-refractivity contribution in [2.75, 3.05) is 26.1 Å². The molecule has 1 fully saturated rings. The highest BCUT2D eigenvalue weighted by Gasteiger charge is 2.16. The summed E-state index contributed by atoms with van der Waals surface area (Å²) < 4.78 is 19.3. The van der Waals surface area contributed by atoms with Crippen molar-refractivity contribution in [3.8, 4) is 22.8 Å². The van der Waals surface area contributed by atoms with Crippen LogP contribution in [0.3, 0.4) is 0 Å². The van der Waals surface area contributed by atoms with Gasteiger partial charge in [0.15, 0.2) is 16.7 Å². The van der Waals surface area contributed by atoms with Crippen LogP contribution in [0.5, 0.6) is 11.5 Å². The van der Waals surface area contributed by atoms with E-state index >= 15 is 0 Å². The van der Waals surface area contributed by atoms with Crippen LogP contribution < -0.4 is 9.47 Å². The Kier molecular flexibility index (Phi) is 6.02. The third kappa shape index (κ3) is 4.10. The fraction of sp³-hybridized carbons (Fsp3) is 0.429. The van der Waals surface area contributed by atoms with Crippen LogP contribution in [0.4, 0.5) is 0 Å². The molecule has 28 heavy (non-hydrogen) atoms. The molecule has 0 amide bonds. The van der Waals surface area contributed by atoms with Gasteiger partial charge in [-0.25, -0.2) is 9.97 Å². The van der Waals surface area contributed by atoms with E-state index in [1.165, 1.54) is 6.42 Å². The second kappa shape index (κ2) is 8.84. The number of hydrogen-bond acceptors (Lipinski definition) is 6. The Hall–Kier alpha value is -2.25. The zero-order valence-electron chi connectivity index (χ0n) is 16.3. The van der Waals surface area contributed by atoms with E-state index in [0.717, 1.165) is 53.0 Å². The molecule has 4 rings (SSSR count). The number of methoxy groups -OCH3 is 1. The molecule has 1 atom stereocenters. The van der Waals surface area contributed by atoms with E-state index < -0.39 is 0 Å². The lowest BCUT2D eigenvalue weighted by Gasteiger charge is -2.23. The quantitative estimate of drug-likeness (QED) is 0.432. The van der Waals surface area contributed by atoms with Gasteiger partial charge >= 0.3 is 0 Å². The second-order valence-electron chi connectivity index (χ2n) is 6.68. The third-order valence-electron chi connectivity index (χ3n) is 4.79. The smallest absolute Gasteiger partial charge is 0.174 e. The monoisotopic (exact) mass is 399 g/mol. The molecule has 0 radical (unpaired) electrons. The highest BCUT2D eigenvalue weighted by Crippen LogP contribution is 2.33. The van der Waals surface area contributed by atoms with Crippen molar-refractivity contribution in [1.82, 2.24) is 14.4 Å². The minimum absolute atomic E-state index is 0.163. The summed E-state index contributed by atoms with van der Waals surface area (Å²) >= 11 is 1.70. The van der Waals surface area contributed by atoms with Crippen molar-refractivity contribution in [3.63, 3.8) is 0 Å².